The van der Waals surface area contributed by atoms with Gasteiger partial charge in [-0.2, -0.15) is 0 Å². The first kappa shape index (κ1) is 15.5. The molecule has 0 radical (unpaired) electrons. The number of hydrogen-bond donors (Lipinski definition) is 0. The number of rotatable bonds is 2. The molecule has 0 amide bonds. The van der Waals surface area contributed by atoms with Crippen molar-refractivity contribution < 1.29 is 17.7 Å². The van der Waals surface area contributed by atoms with Gasteiger partial charge in [-0.05, 0) is 32.4 Å². The van der Waals surface area contributed by atoms with Crippen LogP contribution in [0.25, 0.3) is 0 Å². The molecule has 0 aliphatic heterocycles. The van der Waals surface area contributed by atoms with Gasteiger partial charge in [-0.25, -0.2) is 0 Å². The monoisotopic (exact) mass is 357 g/mol. The summed E-state index contributed by atoms with van der Waals surface area (Å²) in [6.45, 7) is 6.12. The normalized spacial score (nSPS) is 10.5. The van der Waals surface area contributed by atoms with E-state index in [1.807, 2.05) is 32.0 Å². The van der Waals surface area contributed by atoms with Crippen LogP contribution in [0.15, 0.2) is 24.3 Å². The summed E-state index contributed by atoms with van der Waals surface area (Å²) in [5.41, 5.74) is 1.20. The summed E-state index contributed by atoms with van der Waals surface area (Å²) in [4.78, 5) is 0. The molecule has 0 spiro atoms. The Morgan fingerprint density at radius 1 is 1.13 bits per heavy atom. The van der Waals surface area contributed by atoms with Gasteiger partial charge in [0.15, 0.2) is 0 Å². The average Bonchev–Trinajstić information content (AvgIpc) is 2.07. The Kier molecular flexibility index (Phi) is 8.94. The van der Waals surface area contributed by atoms with E-state index in [0.29, 0.717) is 0 Å². The van der Waals surface area contributed by atoms with Crippen molar-refractivity contribution in [3.8, 4) is 5.75 Å². The van der Waals surface area contributed by atoms with Gasteiger partial charge < -0.3 is 4.74 Å². The zero-order valence-electron chi connectivity index (χ0n) is 8.78. The quantitative estimate of drug-likeness (QED) is 0.688. The Labute approximate surface area is 109 Å². The SMILES string of the molecule is Cc1ccccc1OC(C)C.[Cl][Ru]([Cl])[Cl]. The summed E-state index contributed by atoms with van der Waals surface area (Å²) in [6, 6.07) is 8.06. The molecule has 0 saturated heterocycles. The van der Waals surface area contributed by atoms with E-state index < -0.39 is 13.0 Å². The van der Waals surface area contributed by atoms with Crippen molar-refractivity contribution in [3.05, 3.63) is 29.8 Å². The van der Waals surface area contributed by atoms with Crippen molar-refractivity contribution in [2.45, 2.75) is 26.9 Å². The van der Waals surface area contributed by atoms with E-state index in [0.717, 1.165) is 5.75 Å². The molecule has 5 heteroatoms. The van der Waals surface area contributed by atoms with E-state index in [1.54, 1.807) is 0 Å². The fourth-order valence-corrected chi connectivity index (χ4v) is 0.943. The molecular formula is C10H14Cl3ORu. The second-order valence-electron chi connectivity index (χ2n) is 3.08. The van der Waals surface area contributed by atoms with Gasteiger partial charge >= 0.3 is 42.1 Å². The Bertz CT molecular complexity index is 276. The Morgan fingerprint density at radius 3 is 2.00 bits per heavy atom. The van der Waals surface area contributed by atoms with E-state index in [4.69, 9.17) is 33.8 Å². The summed E-state index contributed by atoms with van der Waals surface area (Å²) in [7, 11) is 14.8. The van der Waals surface area contributed by atoms with E-state index >= 15 is 0 Å². The molecule has 0 aliphatic rings. The molecule has 0 aliphatic carbocycles. The van der Waals surface area contributed by atoms with Crippen LogP contribution in [0, 0.1) is 6.92 Å². The first-order chi connectivity index (χ1) is 6.93. The third kappa shape index (κ3) is 9.44. The Morgan fingerprint density at radius 2 is 1.60 bits per heavy atom. The van der Waals surface area contributed by atoms with Gasteiger partial charge in [0.1, 0.15) is 5.75 Å². The van der Waals surface area contributed by atoms with Gasteiger partial charge in [-0.15, -0.1) is 0 Å². The molecule has 0 atom stereocenters. The predicted molar refractivity (Wildman–Crippen MR) is 64.5 cm³/mol. The Hall–Kier alpha value is 0.513. The first-order valence-corrected chi connectivity index (χ1v) is 11.0. The van der Waals surface area contributed by atoms with Crippen LogP contribution in [0.3, 0.4) is 0 Å². The summed E-state index contributed by atoms with van der Waals surface area (Å²) < 4.78 is 5.54. The fourth-order valence-electron chi connectivity index (χ4n) is 0.943. The summed E-state index contributed by atoms with van der Waals surface area (Å²) in [5.74, 6) is 0.988. The fraction of sp³-hybridized carbons (Fsp3) is 0.400. The van der Waals surface area contributed by atoms with Gasteiger partial charge in [0.05, 0.1) is 6.10 Å². The molecule has 0 bridgehead atoms. The van der Waals surface area contributed by atoms with Crippen LogP contribution in [0.4, 0.5) is 0 Å². The van der Waals surface area contributed by atoms with E-state index in [1.165, 1.54) is 5.56 Å². The number of para-hydroxylation sites is 1. The first-order valence-electron chi connectivity index (χ1n) is 4.32. The number of ether oxygens (including phenoxy) is 1. The van der Waals surface area contributed by atoms with E-state index in [2.05, 4.69) is 13.0 Å². The molecular weight excluding hydrogens is 344 g/mol. The Balaban J connectivity index is 0.000000423. The molecule has 0 fully saturated rings. The summed E-state index contributed by atoms with van der Waals surface area (Å²) >= 11 is -1.75. The molecule has 0 aromatic heterocycles. The van der Waals surface area contributed by atoms with Crippen molar-refractivity contribution in [3.63, 3.8) is 0 Å². The van der Waals surface area contributed by atoms with E-state index in [9.17, 15) is 0 Å². The van der Waals surface area contributed by atoms with Gasteiger partial charge in [0, 0.05) is 0 Å². The van der Waals surface area contributed by atoms with Crippen LogP contribution in [0.5, 0.6) is 5.75 Å². The standard InChI is InChI=1S/C10H14O.3ClH.Ru/c1-8(2)11-10-7-5-4-6-9(10)3;;;;/h4-8H,1-3H3;3*1H;/q;;;;+3/p-3. The third-order valence-corrected chi connectivity index (χ3v) is 1.46. The van der Waals surface area contributed by atoms with Crippen LogP contribution < -0.4 is 4.74 Å². The molecule has 0 saturated carbocycles. The summed E-state index contributed by atoms with van der Waals surface area (Å²) in [5, 5.41) is 0. The molecule has 1 aromatic rings. The van der Waals surface area contributed by atoms with E-state index in [-0.39, 0.29) is 6.10 Å². The number of halogens is 3. The van der Waals surface area contributed by atoms with Crippen molar-refractivity contribution in [1.29, 1.82) is 0 Å². The second-order valence-corrected chi connectivity index (χ2v) is 11.0. The minimum absolute atomic E-state index is 0.260. The molecule has 0 heterocycles. The molecule has 1 nitrogen and oxygen atoms in total. The molecule has 89 valence electrons. The van der Waals surface area contributed by atoms with Crippen molar-refractivity contribution in [1.82, 2.24) is 0 Å². The van der Waals surface area contributed by atoms with Crippen LogP contribution in [0.2, 0.25) is 0 Å². The summed E-state index contributed by atoms with van der Waals surface area (Å²) in [6.07, 6.45) is 0.260. The van der Waals surface area contributed by atoms with Crippen molar-refractivity contribution in [2.75, 3.05) is 0 Å². The van der Waals surface area contributed by atoms with Gasteiger partial charge in [0.2, 0.25) is 0 Å². The topological polar surface area (TPSA) is 9.23 Å². The molecule has 15 heavy (non-hydrogen) atoms. The van der Waals surface area contributed by atoms with Crippen LogP contribution in [-0.4, -0.2) is 6.10 Å². The van der Waals surface area contributed by atoms with Gasteiger partial charge in [0.25, 0.3) is 0 Å². The third-order valence-electron chi connectivity index (χ3n) is 1.46. The van der Waals surface area contributed by atoms with Crippen LogP contribution >= 0.6 is 29.1 Å². The molecule has 1 aromatic carbocycles. The molecule has 0 N–H and O–H groups in total. The minimum atomic E-state index is -1.75. The number of benzene rings is 1. The second kappa shape index (κ2) is 8.64. The van der Waals surface area contributed by atoms with Crippen LogP contribution in [-0.2, 0) is 13.0 Å². The zero-order valence-corrected chi connectivity index (χ0v) is 12.8. The molecule has 1 rings (SSSR count). The van der Waals surface area contributed by atoms with Crippen LogP contribution in [0.1, 0.15) is 19.4 Å². The predicted octanol–water partition coefficient (Wildman–Crippen LogP) is 4.85. The molecule has 0 unspecified atom stereocenters. The van der Waals surface area contributed by atoms with Gasteiger partial charge in [-0.1, -0.05) is 18.2 Å². The maximum absolute atomic E-state index is 5.54. The maximum atomic E-state index is 5.54. The van der Waals surface area contributed by atoms with Crippen molar-refractivity contribution in [2.24, 2.45) is 0 Å². The number of aryl methyl sites for hydroxylation is 1. The zero-order chi connectivity index (χ0) is 11.8. The van der Waals surface area contributed by atoms with Crippen molar-refractivity contribution >= 4 is 29.1 Å². The van der Waals surface area contributed by atoms with Gasteiger partial charge in [-0.3, -0.25) is 0 Å². The number of hydrogen-bond acceptors (Lipinski definition) is 1. The average molecular weight is 358 g/mol.